The minimum absolute atomic E-state index is 0.220. The van der Waals surface area contributed by atoms with E-state index in [0.717, 1.165) is 6.42 Å². The first-order chi connectivity index (χ1) is 7.75. The topological polar surface area (TPSA) is 63.4 Å². The second kappa shape index (κ2) is 4.67. The summed E-state index contributed by atoms with van der Waals surface area (Å²) < 4.78 is 1.22. The Morgan fingerprint density at radius 1 is 1.12 bits per heavy atom. The van der Waals surface area contributed by atoms with Gasteiger partial charge in [0.2, 0.25) is 0 Å². The Morgan fingerprint density at radius 2 is 1.69 bits per heavy atom. The number of nitrogens with zero attached hydrogens (tertiary/aromatic N) is 1. The minimum Gasteiger partial charge on any atom is -0.330 e. The van der Waals surface area contributed by atoms with E-state index in [1.807, 2.05) is 0 Å². The molecule has 84 valence electrons. The Balaban J connectivity index is 2.15. The lowest BCUT2D eigenvalue weighted by atomic mass is 10.1. The summed E-state index contributed by atoms with van der Waals surface area (Å²) in [5, 5.41) is 0. The fourth-order valence-corrected chi connectivity index (χ4v) is 2.43. The van der Waals surface area contributed by atoms with Crippen LogP contribution < -0.4 is 5.73 Å². The summed E-state index contributed by atoms with van der Waals surface area (Å²) in [7, 11) is 0. The fourth-order valence-electron chi connectivity index (χ4n) is 1.52. The van der Waals surface area contributed by atoms with E-state index in [9.17, 15) is 9.59 Å². The maximum atomic E-state index is 11.9. The van der Waals surface area contributed by atoms with E-state index in [1.54, 1.807) is 24.3 Å². The number of carbonyl (C=O) groups excluding carboxylic acids is 2. The molecule has 0 bridgehead atoms. The number of fused-ring (bicyclic) bond motifs is 1. The second-order valence-corrected chi connectivity index (χ2v) is 4.46. The maximum Gasteiger partial charge on any atom is 0.271 e. The fraction of sp³-hybridized carbons (Fsp3) is 0.273. The predicted octanol–water partition coefficient (Wildman–Crippen LogP) is 1.28. The highest BCUT2D eigenvalue weighted by atomic mass is 32.2. The lowest BCUT2D eigenvalue weighted by Gasteiger charge is -2.11. The Bertz CT molecular complexity index is 399. The molecule has 5 heteroatoms. The van der Waals surface area contributed by atoms with Gasteiger partial charge in [0.1, 0.15) is 0 Å². The normalized spacial score (nSPS) is 14.4. The molecule has 0 radical (unpaired) electrons. The van der Waals surface area contributed by atoms with Crippen LogP contribution in [0, 0.1) is 0 Å². The molecular formula is C11H12N2O2S. The summed E-state index contributed by atoms with van der Waals surface area (Å²) >= 11 is 1.24. The van der Waals surface area contributed by atoms with Crippen LogP contribution in [0.15, 0.2) is 24.3 Å². The molecule has 0 atom stereocenters. The molecule has 1 aromatic rings. The van der Waals surface area contributed by atoms with Crippen molar-refractivity contribution in [3.8, 4) is 0 Å². The van der Waals surface area contributed by atoms with Gasteiger partial charge >= 0.3 is 0 Å². The van der Waals surface area contributed by atoms with Gasteiger partial charge in [0.05, 0.1) is 11.1 Å². The molecule has 2 rings (SSSR count). The molecule has 0 saturated carbocycles. The Hall–Kier alpha value is -1.33. The standard InChI is InChI=1S/C11H12N2O2S/c12-6-3-7-16-13-10(14)8-4-1-2-5-9(8)11(13)15/h1-2,4-5H,3,6-7,12H2. The number of hydrogen-bond acceptors (Lipinski definition) is 4. The minimum atomic E-state index is -0.220. The zero-order chi connectivity index (χ0) is 11.5. The van der Waals surface area contributed by atoms with E-state index in [-0.39, 0.29) is 11.8 Å². The van der Waals surface area contributed by atoms with E-state index in [2.05, 4.69) is 0 Å². The number of nitrogens with two attached hydrogens (primary N) is 1. The molecule has 0 saturated heterocycles. The molecule has 0 fully saturated rings. The number of rotatable bonds is 4. The highest BCUT2D eigenvalue weighted by molar-refractivity contribution is 7.98. The molecule has 1 aromatic carbocycles. The van der Waals surface area contributed by atoms with Gasteiger partial charge in [0.25, 0.3) is 11.8 Å². The van der Waals surface area contributed by atoms with Crippen LogP contribution in [0.2, 0.25) is 0 Å². The monoisotopic (exact) mass is 236 g/mol. The zero-order valence-corrected chi connectivity index (χ0v) is 9.50. The van der Waals surface area contributed by atoms with Gasteiger partial charge < -0.3 is 5.73 Å². The predicted molar refractivity (Wildman–Crippen MR) is 63.1 cm³/mol. The van der Waals surface area contributed by atoms with E-state index in [1.165, 1.54) is 16.3 Å². The third kappa shape index (κ3) is 1.83. The highest BCUT2D eigenvalue weighted by Crippen LogP contribution is 2.28. The second-order valence-electron chi connectivity index (χ2n) is 3.43. The number of amides is 2. The van der Waals surface area contributed by atoms with Crippen molar-refractivity contribution in [2.75, 3.05) is 12.3 Å². The average Bonchev–Trinajstić information content (AvgIpc) is 2.55. The van der Waals surface area contributed by atoms with Gasteiger partial charge in [-0.25, -0.2) is 4.31 Å². The van der Waals surface area contributed by atoms with Crippen LogP contribution in [-0.4, -0.2) is 28.4 Å². The van der Waals surface area contributed by atoms with Crippen LogP contribution in [-0.2, 0) is 0 Å². The van der Waals surface area contributed by atoms with Crippen molar-refractivity contribution in [1.29, 1.82) is 0 Å². The third-order valence-corrected chi connectivity index (χ3v) is 3.39. The largest absolute Gasteiger partial charge is 0.330 e. The van der Waals surface area contributed by atoms with Gasteiger partial charge in [-0.15, -0.1) is 0 Å². The third-order valence-electron chi connectivity index (χ3n) is 2.33. The molecule has 1 aliphatic heterocycles. The van der Waals surface area contributed by atoms with Crippen molar-refractivity contribution >= 4 is 23.8 Å². The molecule has 1 heterocycles. The van der Waals surface area contributed by atoms with Gasteiger partial charge in [-0.1, -0.05) is 12.1 Å². The summed E-state index contributed by atoms with van der Waals surface area (Å²) in [5.41, 5.74) is 6.35. The SMILES string of the molecule is NCCCSN1C(=O)c2ccccc2C1=O. The van der Waals surface area contributed by atoms with Gasteiger partial charge in [-0.2, -0.15) is 0 Å². The summed E-state index contributed by atoms with van der Waals surface area (Å²) in [6.07, 6.45) is 0.790. The van der Waals surface area contributed by atoms with Crippen molar-refractivity contribution in [1.82, 2.24) is 4.31 Å². The quantitative estimate of drug-likeness (QED) is 0.486. The van der Waals surface area contributed by atoms with Gasteiger partial charge in [0, 0.05) is 5.75 Å². The van der Waals surface area contributed by atoms with Crippen molar-refractivity contribution in [3.63, 3.8) is 0 Å². The molecule has 1 aliphatic rings. The molecule has 0 aromatic heterocycles. The lowest BCUT2D eigenvalue weighted by molar-refractivity contribution is 0.0777. The van der Waals surface area contributed by atoms with Crippen LogP contribution in [0.4, 0.5) is 0 Å². The summed E-state index contributed by atoms with van der Waals surface area (Å²) in [6, 6.07) is 6.88. The Morgan fingerprint density at radius 3 is 2.19 bits per heavy atom. The van der Waals surface area contributed by atoms with Gasteiger partial charge in [0.15, 0.2) is 0 Å². The van der Waals surface area contributed by atoms with Crippen molar-refractivity contribution in [2.24, 2.45) is 5.73 Å². The first kappa shape index (κ1) is 11.2. The van der Waals surface area contributed by atoms with Crippen molar-refractivity contribution in [2.45, 2.75) is 6.42 Å². The number of carbonyl (C=O) groups is 2. The maximum absolute atomic E-state index is 11.9. The lowest BCUT2D eigenvalue weighted by Crippen LogP contribution is -2.23. The number of hydrogen-bond donors (Lipinski definition) is 1. The highest BCUT2D eigenvalue weighted by Gasteiger charge is 2.35. The molecule has 2 amide bonds. The van der Waals surface area contributed by atoms with Crippen LogP contribution in [0.3, 0.4) is 0 Å². The Kier molecular flexibility index (Phi) is 3.26. The summed E-state index contributed by atoms with van der Waals surface area (Å²) in [6.45, 7) is 0.566. The molecular weight excluding hydrogens is 224 g/mol. The van der Waals surface area contributed by atoms with E-state index in [0.29, 0.717) is 23.4 Å². The number of benzene rings is 1. The van der Waals surface area contributed by atoms with Gasteiger partial charge in [-0.3, -0.25) is 9.59 Å². The molecule has 4 nitrogen and oxygen atoms in total. The molecule has 0 unspecified atom stereocenters. The van der Waals surface area contributed by atoms with E-state index >= 15 is 0 Å². The smallest absolute Gasteiger partial charge is 0.271 e. The molecule has 0 aliphatic carbocycles. The van der Waals surface area contributed by atoms with Crippen LogP contribution in [0.1, 0.15) is 27.1 Å². The van der Waals surface area contributed by atoms with E-state index in [4.69, 9.17) is 5.73 Å². The average molecular weight is 236 g/mol. The first-order valence-corrected chi connectivity index (χ1v) is 6.00. The van der Waals surface area contributed by atoms with E-state index < -0.39 is 0 Å². The van der Waals surface area contributed by atoms with Crippen molar-refractivity contribution < 1.29 is 9.59 Å². The first-order valence-electron chi connectivity index (χ1n) is 5.06. The molecule has 2 N–H and O–H groups in total. The van der Waals surface area contributed by atoms with Crippen molar-refractivity contribution in [3.05, 3.63) is 35.4 Å². The summed E-state index contributed by atoms with van der Waals surface area (Å²) in [5.74, 6) is 0.243. The number of imide groups is 1. The zero-order valence-electron chi connectivity index (χ0n) is 8.68. The van der Waals surface area contributed by atoms with Crippen LogP contribution >= 0.6 is 11.9 Å². The molecule has 16 heavy (non-hydrogen) atoms. The summed E-state index contributed by atoms with van der Waals surface area (Å²) in [4.78, 5) is 23.7. The Labute approximate surface area is 97.9 Å². The van der Waals surface area contributed by atoms with Crippen LogP contribution in [0.25, 0.3) is 0 Å². The van der Waals surface area contributed by atoms with Crippen LogP contribution in [0.5, 0.6) is 0 Å². The molecule has 0 spiro atoms. The van der Waals surface area contributed by atoms with Gasteiger partial charge in [-0.05, 0) is 37.0 Å².